The van der Waals surface area contributed by atoms with E-state index in [2.05, 4.69) is 4.99 Å². The summed E-state index contributed by atoms with van der Waals surface area (Å²) in [6.07, 6.45) is 1.50. The summed E-state index contributed by atoms with van der Waals surface area (Å²) < 4.78 is 0. The monoisotopic (exact) mass is 271 g/mol. The SMILES string of the molecule is [Na+].[Na+].[O-]Cc1ccccc1N=Cc1ccccc1[O-]. The van der Waals surface area contributed by atoms with Crippen molar-refractivity contribution in [1.29, 1.82) is 0 Å². The first-order valence-electron chi connectivity index (χ1n) is 5.27. The quantitative estimate of drug-likeness (QED) is 0.416. The van der Waals surface area contributed by atoms with Gasteiger partial charge in [0.05, 0.1) is 5.69 Å². The van der Waals surface area contributed by atoms with Crippen molar-refractivity contribution in [3.05, 3.63) is 59.7 Å². The van der Waals surface area contributed by atoms with Gasteiger partial charge in [0.15, 0.2) is 0 Å². The molecule has 0 spiro atoms. The zero-order chi connectivity index (χ0) is 12.1. The third-order valence-corrected chi connectivity index (χ3v) is 2.41. The molecule has 0 saturated carbocycles. The van der Waals surface area contributed by atoms with Crippen LogP contribution in [0.3, 0.4) is 0 Å². The van der Waals surface area contributed by atoms with Crippen LogP contribution in [0.5, 0.6) is 5.75 Å². The van der Waals surface area contributed by atoms with Gasteiger partial charge >= 0.3 is 59.1 Å². The molecule has 3 nitrogen and oxygen atoms in total. The third-order valence-electron chi connectivity index (χ3n) is 2.41. The van der Waals surface area contributed by atoms with Gasteiger partial charge in [-0.2, -0.15) is 0 Å². The van der Waals surface area contributed by atoms with Crippen molar-refractivity contribution in [3.8, 4) is 5.75 Å². The summed E-state index contributed by atoms with van der Waals surface area (Å²) >= 11 is 0. The molecule has 0 heterocycles. The van der Waals surface area contributed by atoms with Gasteiger partial charge in [0, 0.05) is 6.21 Å². The van der Waals surface area contributed by atoms with E-state index in [1.165, 1.54) is 12.3 Å². The Bertz CT molecular complexity index is 544. The van der Waals surface area contributed by atoms with Gasteiger partial charge < -0.3 is 10.2 Å². The van der Waals surface area contributed by atoms with Crippen molar-refractivity contribution in [2.45, 2.75) is 6.61 Å². The van der Waals surface area contributed by atoms with E-state index in [9.17, 15) is 10.2 Å². The van der Waals surface area contributed by atoms with Crippen LogP contribution in [0.15, 0.2) is 53.5 Å². The van der Waals surface area contributed by atoms with Gasteiger partial charge in [0.2, 0.25) is 0 Å². The second-order valence-corrected chi connectivity index (χ2v) is 3.57. The molecule has 0 aliphatic rings. The van der Waals surface area contributed by atoms with E-state index in [4.69, 9.17) is 0 Å². The summed E-state index contributed by atoms with van der Waals surface area (Å²) in [7, 11) is 0. The first-order valence-corrected chi connectivity index (χ1v) is 5.27. The van der Waals surface area contributed by atoms with Crippen LogP contribution in [0, 0.1) is 0 Å². The molecule has 0 unspecified atom stereocenters. The number of hydrogen-bond donors (Lipinski definition) is 0. The van der Waals surface area contributed by atoms with E-state index >= 15 is 0 Å². The Kier molecular flexibility index (Phi) is 9.66. The second-order valence-electron chi connectivity index (χ2n) is 3.57. The molecule has 5 heteroatoms. The molecule has 0 aliphatic heterocycles. The minimum absolute atomic E-state index is 0. The predicted molar refractivity (Wildman–Crippen MR) is 63.3 cm³/mol. The summed E-state index contributed by atoms with van der Waals surface area (Å²) in [6, 6.07) is 13.8. The van der Waals surface area contributed by atoms with Gasteiger partial charge in [-0.25, -0.2) is 0 Å². The molecule has 0 aliphatic carbocycles. The largest absolute Gasteiger partial charge is 1.00 e. The summed E-state index contributed by atoms with van der Waals surface area (Å²) in [4.78, 5) is 4.18. The van der Waals surface area contributed by atoms with Crippen LogP contribution < -0.4 is 69.3 Å². The maximum Gasteiger partial charge on any atom is 1.00 e. The normalized spacial score (nSPS) is 9.74. The van der Waals surface area contributed by atoms with Crippen LogP contribution >= 0.6 is 0 Å². The Morgan fingerprint density at radius 2 is 1.58 bits per heavy atom. The minimum atomic E-state index is -0.313. The molecule has 86 valence electrons. The van der Waals surface area contributed by atoms with Crippen LogP contribution in [0.4, 0.5) is 5.69 Å². The van der Waals surface area contributed by atoms with E-state index in [1.807, 2.05) is 6.07 Å². The fourth-order valence-electron chi connectivity index (χ4n) is 1.49. The number of hydrogen-bond acceptors (Lipinski definition) is 3. The molecule has 0 saturated heterocycles. The molecular formula is C14H11NNa2O2. The first kappa shape index (κ1) is 18.9. The zero-order valence-corrected chi connectivity index (χ0v) is 15.2. The van der Waals surface area contributed by atoms with E-state index < -0.39 is 0 Å². The van der Waals surface area contributed by atoms with Crippen molar-refractivity contribution < 1.29 is 69.3 Å². The Morgan fingerprint density at radius 1 is 0.947 bits per heavy atom. The van der Waals surface area contributed by atoms with Crippen molar-refractivity contribution in [2.75, 3.05) is 0 Å². The smallest absolute Gasteiger partial charge is 0.872 e. The van der Waals surface area contributed by atoms with Crippen LogP contribution in [-0.2, 0) is 6.61 Å². The molecule has 19 heavy (non-hydrogen) atoms. The van der Waals surface area contributed by atoms with Crippen LogP contribution in [0.1, 0.15) is 11.1 Å². The molecule has 0 aromatic heterocycles. The van der Waals surface area contributed by atoms with Gasteiger partial charge in [0.1, 0.15) is 0 Å². The predicted octanol–water partition coefficient (Wildman–Crippen LogP) is -4.62. The molecule has 0 bridgehead atoms. The fraction of sp³-hybridized carbons (Fsp3) is 0.0714. The van der Waals surface area contributed by atoms with Gasteiger partial charge in [-0.05, 0) is 17.2 Å². The van der Waals surface area contributed by atoms with Gasteiger partial charge in [-0.3, -0.25) is 4.99 Å². The molecule has 0 atom stereocenters. The first-order chi connectivity index (χ1) is 8.31. The van der Waals surface area contributed by atoms with Crippen molar-refractivity contribution in [2.24, 2.45) is 4.99 Å². The Balaban J connectivity index is 0.00000162. The maximum absolute atomic E-state index is 11.4. The number of rotatable bonds is 3. The number of aliphatic imine (C=N–C) groups is 1. The molecule has 0 radical (unpaired) electrons. The topological polar surface area (TPSA) is 58.5 Å². The van der Waals surface area contributed by atoms with Crippen LogP contribution in [0.2, 0.25) is 0 Å². The standard InChI is InChI=1S/C14H12NO2.2Na/c16-10-12-6-1-3-7-13(12)15-9-11-5-2-4-8-14(11)17;;/h1-9,17H,10H2;;/q-1;2*+1/p-1. The summed E-state index contributed by atoms with van der Waals surface area (Å²) in [5.74, 6) is -0.0733. The molecule has 2 aromatic carbocycles. The zero-order valence-electron chi connectivity index (χ0n) is 11.2. The molecular weight excluding hydrogens is 260 g/mol. The molecule has 0 N–H and O–H groups in total. The average Bonchev–Trinajstić information content (AvgIpc) is 2.38. The number of nitrogens with zero attached hydrogens (tertiary/aromatic N) is 1. The molecule has 0 amide bonds. The third kappa shape index (κ3) is 5.40. The second kappa shape index (κ2) is 9.72. The molecule has 0 fully saturated rings. The summed E-state index contributed by atoms with van der Waals surface area (Å²) in [5, 5.41) is 22.3. The van der Waals surface area contributed by atoms with Gasteiger partial charge in [0.25, 0.3) is 0 Å². The van der Waals surface area contributed by atoms with Crippen LogP contribution in [-0.4, -0.2) is 6.21 Å². The van der Waals surface area contributed by atoms with E-state index in [0.717, 1.165) is 0 Å². The molecule has 2 rings (SSSR count). The molecule has 2 aromatic rings. The van der Waals surface area contributed by atoms with Crippen molar-refractivity contribution in [1.82, 2.24) is 0 Å². The fourth-order valence-corrected chi connectivity index (χ4v) is 1.49. The minimum Gasteiger partial charge on any atom is -0.872 e. The van der Waals surface area contributed by atoms with Crippen molar-refractivity contribution in [3.63, 3.8) is 0 Å². The average molecular weight is 271 g/mol. The van der Waals surface area contributed by atoms with Crippen LogP contribution in [0.25, 0.3) is 0 Å². The van der Waals surface area contributed by atoms with E-state index in [0.29, 0.717) is 16.8 Å². The Morgan fingerprint density at radius 3 is 2.26 bits per heavy atom. The Labute approximate surface area is 157 Å². The number of benzene rings is 2. The van der Waals surface area contributed by atoms with Gasteiger partial charge in [-0.1, -0.05) is 42.5 Å². The summed E-state index contributed by atoms with van der Waals surface area (Å²) in [5.41, 5.74) is 1.77. The van der Waals surface area contributed by atoms with Gasteiger partial charge in [-0.15, -0.1) is 12.4 Å². The Hall–Kier alpha value is -0.130. The van der Waals surface area contributed by atoms with Crippen molar-refractivity contribution >= 4 is 11.9 Å². The van der Waals surface area contributed by atoms with E-state index in [1.54, 1.807) is 36.4 Å². The maximum atomic E-state index is 11.4. The van der Waals surface area contributed by atoms with E-state index in [-0.39, 0.29) is 71.5 Å². The summed E-state index contributed by atoms with van der Waals surface area (Å²) in [6.45, 7) is -0.313. The number of para-hydroxylation sites is 2.